The average molecular weight is 304 g/mol. The lowest BCUT2D eigenvalue weighted by Gasteiger charge is -2.29. The second-order valence-corrected chi connectivity index (χ2v) is 6.69. The number of nitrogens with zero attached hydrogens (tertiary/aromatic N) is 3. The smallest absolute Gasteiger partial charge is 0.258 e. The summed E-state index contributed by atoms with van der Waals surface area (Å²) >= 11 is 1.93. The predicted octanol–water partition coefficient (Wildman–Crippen LogP) is 2.66. The molecule has 1 atom stereocenters. The van der Waals surface area contributed by atoms with Gasteiger partial charge in [-0.2, -0.15) is 16.7 Å². The number of hydrogen-bond donors (Lipinski definition) is 1. The van der Waals surface area contributed by atoms with Gasteiger partial charge >= 0.3 is 0 Å². The van der Waals surface area contributed by atoms with Crippen molar-refractivity contribution in [2.75, 3.05) is 30.8 Å². The summed E-state index contributed by atoms with van der Waals surface area (Å²) in [6.07, 6.45) is 0. The fourth-order valence-corrected chi connectivity index (χ4v) is 3.76. The van der Waals surface area contributed by atoms with Gasteiger partial charge in [0.15, 0.2) is 5.82 Å². The second-order valence-electron chi connectivity index (χ2n) is 5.54. The van der Waals surface area contributed by atoms with Crippen LogP contribution in [0.1, 0.15) is 23.0 Å². The van der Waals surface area contributed by atoms with Crippen LogP contribution in [0.3, 0.4) is 0 Å². The summed E-state index contributed by atoms with van der Waals surface area (Å²) < 4.78 is 5.49. The zero-order valence-electron chi connectivity index (χ0n) is 12.6. The van der Waals surface area contributed by atoms with Gasteiger partial charge in [0.25, 0.3) is 5.89 Å². The monoisotopic (exact) mass is 304 g/mol. The van der Waals surface area contributed by atoms with Gasteiger partial charge in [-0.1, -0.05) is 5.16 Å². The van der Waals surface area contributed by atoms with E-state index in [4.69, 9.17) is 10.3 Å². The first-order valence-corrected chi connectivity index (χ1v) is 8.20. The molecule has 1 aliphatic rings. The van der Waals surface area contributed by atoms with E-state index in [1.807, 2.05) is 30.8 Å². The van der Waals surface area contributed by atoms with Gasteiger partial charge in [-0.05, 0) is 44.2 Å². The SMILES string of the molecule is Cc1cc(N)cc(-c2nc(C3CSCCN3C)no2)c1C. The molecule has 2 N–H and O–H groups in total. The quantitative estimate of drug-likeness (QED) is 0.860. The summed E-state index contributed by atoms with van der Waals surface area (Å²) in [4.78, 5) is 6.89. The zero-order valence-corrected chi connectivity index (χ0v) is 13.4. The van der Waals surface area contributed by atoms with Crippen LogP contribution in [0, 0.1) is 13.8 Å². The lowest BCUT2D eigenvalue weighted by molar-refractivity contribution is 0.257. The van der Waals surface area contributed by atoms with Crippen LogP contribution in [0.2, 0.25) is 0 Å². The van der Waals surface area contributed by atoms with Crippen LogP contribution in [-0.2, 0) is 0 Å². The summed E-state index contributed by atoms with van der Waals surface area (Å²) in [6, 6.07) is 4.09. The van der Waals surface area contributed by atoms with Crippen molar-refractivity contribution in [2.45, 2.75) is 19.9 Å². The first kappa shape index (κ1) is 14.4. The normalized spacial score (nSPS) is 19.9. The van der Waals surface area contributed by atoms with E-state index >= 15 is 0 Å². The molecule has 1 saturated heterocycles. The fourth-order valence-electron chi connectivity index (χ4n) is 2.55. The van der Waals surface area contributed by atoms with Gasteiger partial charge in [0.2, 0.25) is 0 Å². The average Bonchev–Trinajstić information content (AvgIpc) is 2.92. The van der Waals surface area contributed by atoms with Crippen LogP contribution in [0.5, 0.6) is 0 Å². The minimum Gasteiger partial charge on any atom is -0.399 e. The van der Waals surface area contributed by atoms with Crippen LogP contribution in [0.25, 0.3) is 11.5 Å². The van der Waals surface area contributed by atoms with Crippen molar-refractivity contribution < 1.29 is 4.52 Å². The molecule has 0 saturated carbocycles. The number of nitrogens with two attached hydrogens (primary N) is 1. The molecule has 0 bridgehead atoms. The Morgan fingerprint density at radius 3 is 2.95 bits per heavy atom. The van der Waals surface area contributed by atoms with E-state index in [1.54, 1.807) is 0 Å². The number of aromatic nitrogens is 2. The van der Waals surface area contributed by atoms with Gasteiger partial charge in [-0.15, -0.1) is 0 Å². The molecule has 2 aromatic rings. The summed E-state index contributed by atoms with van der Waals surface area (Å²) in [5.41, 5.74) is 9.85. The third-order valence-corrected chi connectivity index (χ3v) is 5.08. The Balaban J connectivity index is 1.95. The van der Waals surface area contributed by atoms with E-state index in [0.717, 1.165) is 46.3 Å². The Bertz CT molecular complexity index is 655. The van der Waals surface area contributed by atoms with Crippen molar-refractivity contribution in [3.8, 4) is 11.5 Å². The molecule has 2 heterocycles. The first-order valence-electron chi connectivity index (χ1n) is 7.05. The standard InChI is InChI=1S/C15H20N4OS/c1-9-6-11(16)7-12(10(9)2)15-17-14(18-20-15)13-8-21-5-4-19(13)3/h6-7,13H,4-5,8,16H2,1-3H3. The lowest BCUT2D eigenvalue weighted by atomic mass is 10.0. The molecular formula is C15H20N4OS. The molecule has 1 unspecified atom stereocenters. The Labute approximate surface area is 128 Å². The largest absolute Gasteiger partial charge is 0.399 e. The van der Waals surface area contributed by atoms with E-state index in [2.05, 4.69) is 29.0 Å². The molecule has 1 fully saturated rings. The van der Waals surface area contributed by atoms with Crippen molar-refractivity contribution in [3.63, 3.8) is 0 Å². The maximum absolute atomic E-state index is 5.94. The first-order chi connectivity index (χ1) is 10.1. The molecule has 0 aliphatic carbocycles. The van der Waals surface area contributed by atoms with Gasteiger partial charge in [-0.25, -0.2) is 0 Å². The van der Waals surface area contributed by atoms with E-state index in [9.17, 15) is 0 Å². The van der Waals surface area contributed by atoms with Crippen LogP contribution in [0.4, 0.5) is 5.69 Å². The molecule has 112 valence electrons. The van der Waals surface area contributed by atoms with Gasteiger partial charge < -0.3 is 10.3 Å². The van der Waals surface area contributed by atoms with E-state index in [1.165, 1.54) is 0 Å². The van der Waals surface area contributed by atoms with Gasteiger partial charge in [0.05, 0.1) is 6.04 Å². The molecule has 5 nitrogen and oxygen atoms in total. The molecule has 3 rings (SSSR count). The van der Waals surface area contributed by atoms with Gasteiger partial charge in [0, 0.05) is 29.3 Å². The highest BCUT2D eigenvalue weighted by Crippen LogP contribution is 2.30. The van der Waals surface area contributed by atoms with E-state index in [-0.39, 0.29) is 6.04 Å². The minimum absolute atomic E-state index is 0.226. The van der Waals surface area contributed by atoms with Crippen molar-refractivity contribution >= 4 is 17.4 Å². The topological polar surface area (TPSA) is 68.2 Å². The Morgan fingerprint density at radius 2 is 2.19 bits per heavy atom. The van der Waals surface area contributed by atoms with Crippen molar-refractivity contribution in [1.29, 1.82) is 0 Å². The molecule has 0 spiro atoms. The predicted molar refractivity (Wildman–Crippen MR) is 86.3 cm³/mol. The number of aryl methyl sites for hydroxylation is 1. The number of hydrogen-bond acceptors (Lipinski definition) is 6. The van der Waals surface area contributed by atoms with Crippen LogP contribution in [-0.4, -0.2) is 40.1 Å². The third kappa shape index (κ3) is 2.78. The highest BCUT2D eigenvalue weighted by atomic mass is 32.2. The molecule has 1 aromatic carbocycles. The van der Waals surface area contributed by atoms with Gasteiger partial charge in [0.1, 0.15) is 0 Å². The molecule has 0 amide bonds. The third-order valence-electron chi connectivity index (χ3n) is 4.06. The minimum atomic E-state index is 0.226. The highest BCUT2D eigenvalue weighted by Gasteiger charge is 2.26. The van der Waals surface area contributed by atoms with Crippen LogP contribution >= 0.6 is 11.8 Å². The number of nitrogen functional groups attached to an aromatic ring is 1. The van der Waals surface area contributed by atoms with Crippen LogP contribution in [0.15, 0.2) is 16.7 Å². The number of rotatable bonds is 2. The molecule has 1 aliphatic heterocycles. The summed E-state index contributed by atoms with van der Waals surface area (Å²) in [5.74, 6) is 3.48. The molecule has 0 radical (unpaired) electrons. The number of anilines is 1. The maximum Gasteiger partial charge on any atom is 0.258 e. The van der Waals surface area contributed by atoms with Crippen molar-refractivity contribution in [3.05, 3.63) is 29.1 Å². The zero-order chi connectivity index (χ0) is 15.0. The Kier molecular flexibility index (Phi) is 3.91. The number of benzene rings is 1. The number of thioether (sulfide) groups is 1. The molecule has 6 heteroatoms. The summed E-state index contributed by atoms with van der Waals surface area (Å²) in [7, 11) is 2.11. The molecule has 21 heavy (non-hydrogen) atoms. The fraction of sp³-hybridized carbons (Fsp3) is 0.467. The maximum atomic E-state index is 5.94. The van der Waals surface area contributed by atoms with Crippen LogP contribution < -0.4 is 5.73 Å². The molecular weight excluding hydrogens is 284 g/mol. The second kappa shape index (κ2) is 5.69. The Hall–Kier alpha value is -1.53. The Morgan fingerprint density at radius 1 is 1.38 bits per heavy atom. The van der Waals surface area contributed by atoms with Crippen molar-refractivity contribution in [2.24, 2.45) is 0 Å². The van der Waals surface area contributed by atoms with E-state index in [0.29, 0.717) is 5.89 Å². The highest BCUT2D eigenvalue weighted by molar-refractivity contribution is 7.99. The van der Waals surface area contributed by atoms with E-state index < -0.39 is 0 Å². The summed E-state index contributed by atoms with van der Waals surface area (Å²) in [6.45, 7) is 5.14. The molecule has 1 aromatic heterocycles. The summed E-state index contributed by atoms with van der Waals surface area (Å²) in [5, 5.41) is 4.19. The van der Waals surface area contributed by atoms with Gasteiger partial charge in [-0.3, -0.25) is 4.90 Å². The van der Waals surface area contributed by atoms with Crippen molar-refractivity contribution in [1.82, 2.24) is 15.0 Å². The lowest BCUT2D eigenvalue weighted by Crippen LogP contribution is -2.33.